The van der Waals surface area contributed by atoms with Crippen LogP contribution in [-0.2, 0) is 4.74 Å². The first kappa shape index (κ1) is 16.3. The van der Waals surface area contributed by atoms with E-state index in [-0.39, 0.29) is 12.1 Å². The lowest BCUT2D eigenvalue weighted by molar-refractivity contribution is 0.113. The fourth-order valence-corrected chi connectivity index (χ4v) is 3.99. The van der Waals surface area contributed by atoms with Crippen LogP contribution in [0.25, 0.3) is 0 Å². The van der Waals surface area contributed by atoms with Crippen molar-refractivity contribution >= 4 is 11.8 Å². The van der Waals surface area contributed by atoms with Crippen molar-refractivity contribution in [2.24, 2.45) is 5.92 Å². The smallest absolute Gasteiger partial charge is 0.0616 e. The third-order valence-corrected chi connectivity index (χ3v) is 4.84. The molecule has 3 nitrogen and oxygen atoms in total. The van der Waals surface area contributed by atoms with Gasteiger partial charge in [0, 0.05) is 24.4 Å². The van der Waals surface area contributed by atoms with Gasteiger partial charge in [-0.3, -0.25) is 0 Å². The van der Waals surface area contributed by atoms with E-state index in [1.807, 2.05) is 11.8 Å². The van der Waals surface area contributed by atoms with Gasteiger partial charge in [-0.05, 0) is 30.9 Å². The minimum atomic E-state index is -0.0179. The summed E-state index contributed by atoms with van der Waals surface area (Å²) < 4.78 is 5.06. The molecule has 2 unspecified atom stereocenters. The summed E-state index contributed by atoms with van der Waals surface area (Å²) in [5.74, 6) is 2.88. The van der Waals surface area contributed by atoms with E-state index < -0.39 is 0 Å². The lowest BCUT2D eigenvalue weighted by Crippen LogP contribution is -2.54. The highest BCUT2D eigenvalue weighted by Crippen LogP contribution is 2.38. The quantitative estimate of drug-likeness (QED) is 0.634. The summed E-state index contributed by atoms with van der Waals surface area (Å²) in [7, 11) is 1.75. The fourth-order valence-electron chi connectivity index (χ4n) is 3.05. The Bertz CT molecular complexity index is 226. The zero-order valence-electron chi connectivity index (χ0n) is 12.1. The number of hydrogen-bond donors (Lipinski definition) is 2. The number of hydrogen-bond acceptors (Lipinski definition) is 4. The summed E-state index contributed by atoms with van der Waals surface area (Å²) in [4.78, 5) is 0. The van der Waals surface area contributed by atoms with E-state index in [1.54, 1.807) is 7.11 Å². The number of thioether (sulfide) groups is 1. The van der Waals surface area contributed by atoms with Crippen molar-refractivity contribution in [1.82, 2.24) is 5.32 Å². The molecule has 0 heterocycles. The normalized spacial score (nSPS) is 28.2. The van der Waals surface area contributed by atoms with Crippen molar-refractivity contribution in [2.75, 3.05) is 31.8 Å². The molecule has 18 heavy (non-hydrogen) atoms. The van der Waals surface area contributed by atoms with Gasteiger partial charge in [0.2, 0.25) is 0 Å². The van der Waals surface area contributed by atoms with Crippen LogP contribution in [0.2, 0.25) is 0 Å². The highest BCUT2D eigenvalue weighted by molar-refractivity contribution is 7.99. The van der Waals surface area contributed by atoms with Crippen molar-refractivity contribution in [2.45, 2.75) is 51.1 Å². The van der Waals surface area contributed by atoms with Gasteiger partial charge in [-0.15, -0.1) is 0 Å². The van der Waals surface area contributed by atoms with Crippen molar-refractivity contribution in [3.05, 3.63) is 0 Å². The van der Waals surface area contributed by atoms with E-state index >= 15 is 0 Å². The van der Waals surface area contributed by atoms with Crippen molar-refractivity contribution in [3.63, 3.8) is 0 Å². The molecule has 0 aromatic carbocycles. The summed E-state index contributed by atoms with van der Waals surface area (Å²) in [6, 6.07) is 0.443. The van der Waals surface area contributed by atoms with Crippen LogP contribution in [0.3, 0.4) is 0 Å². The van der Waals surface area contributed by atoms with Gasteiger partial charge in [-0.25, -0.2) is 0 Å². The maximum Gasteiger partial charge on any atom is 0.0616 e. The Balaban J connectivity index is 2.37. The minimum Gasteiger partial charge on any atom is -0.394 e. The molecule has 0 spiro atoms. The first-order valence-electron chi connectivity index (χ1n) is 7.10. The van der Waals surface area contributed by atoms with Crippen molar-refractivity contribution in [3.8, 4) is 0 Å². The zero-order valence-corrected chi connectivity index (χ0v) is 12.9. The summed E-state index contributed by atoms with van der Waals surface area (Å²) >= 11 is 1.96. The van der Waals surface area contributed by atoms with Gasteiger partial charge in [-0.1, -0.05) is 20.3 Å². The van der Waals surface area contributed by atoms with Crippen LogP contribution in [0, 0.1) is 5.92 Å². The number of aliphatic hydroxyl groups excluding tert-OH is 1. The molecule has 4 heteroatoms. The Labute approximate surface area is 116 Å². The zero-order chi connectivity index (χ0) is 13.4. The van der Waals surface area contributed by atoms with Crippen LogP contribution in [0.5, 0.6) is 0 Å². The number of aliphatic hydroxyl groups is 1. The second-order valence-electron chi connectivity index (χ2n) is 5.60. The molecule has 0 saturated heterocycles. The van der Waals surface area contributed by atoms with Gasteiger partial charge >= 0.3 is 0 Å². The largest absolute Gasteiger partial charge is 0.394 e. The second-order valence-corrected chi connectivity index (χ2v) is 6.82. The number of rotatable bonds is 9. The summed E-state index contributed by atoms with van der Waals surface area (Å²) in [5, 5.41) is 13.4. The van der Waals surface area contributed by atoms with Crippen LogP contribution in [-0.4, -0.2) is 48.5 Å². The lowest BCUT2D eigenvalue weighted by Gasteiger charge is -2.37. The van der Waals surface area contributed by atoms with E-state index in [1.165, 1.54) is 25.0 Å². The van der Waals surface area contributed by atoms with Crippen LogP contribution >= 0.6 is 11.8 Å². The van der Waals surface area contributed by atoms with Crippen molar-refractivity contribution < 1.29 is 9.84 Å². The molecular weight excluding hydrogens is 246 g/mol. The Morgan fingerprint density at radius 2 is 2.22 bits per heavy atom. The number of nitrogens with one attached hydrogen (secondary N) is 1. The molecule has 0 radical (unpaired) electrons. The predicted molar refractivity (Wildman–Crippen MR) is 79.2 cm³/mol. The predicted octanol–water partition coefficient (Wildman–Crippen LogP) is 2.29. The monoisotopic (exact) mass is 275 g/mol. The third kappa shape index (κ3) is 4.72. The Morgan fingerprint density at radius 1 is 1.44 bits per heavy atom. The average molecular weight is 275 g/mol. The second kappa shape index (κ2) is 8.41. The van der Waals surface area contributed by atoms with Crippen molar-refractivity contribution in [1.29, 1.82) is 0 Å². The topological polar surface area (TPSA) is 41.5 Å². The van der Waals surface area contributed by atoms with Gasteiger partial charge < -0.3 is 15.2 Å². The molecule has 0 aromatic heterocycles. The van der Waals surface area contributed by atoms with E-state index in [9.17, 15) is 5.11 Å². The van der Waals surface area contributed by atoms with Gasteiger partial charge in [0.1, 0.15) is 0 Å². The standard InChI is InChI=1S/C14H29NO2S/c1-12(2)15-14(11-16)7-4-5-13(14)6-9-18-10-8-17-3/h12-13,15-16H,4-11H2,1-3H3. The molecule has 2 N–H and O–H groups in total. The number of methoxy groups -OCH3 is 1. The van der Waals surface area contributed by atoms with Crippen LogP contribution < -0.4 is 5.32 Å². The molecule has 1 rings (SSSR count). The first-order chi connectivity index (χ1) is 8.64. The SMILES string of the molecule is COCCSCCC1CCCC1(CO)NC(C)C. The van der Waals surface area contributed by atoms with E-state index in [0.29, 0.717) is 12.0 Å². The Morgan fingerprint density at radius 3 is 2.83 bits per heavy atom. The summed E-state index contributed by atoms with van der Waals surface area (Å²) in [6.45, 7) is 5.45. The maximum atomic E-state index is 9.79. The highest BCUT2D eigenvalue weighted by Gasteiger charge is 2.41. The molecule has 0 aromatic rings. The van der Waals surface area contributed by atoms with Crippen LogP contribution in [0.4, 0.5) is 0 Å². The Kier molecular flexibility index (Phi) is 7.61. The molecule has 0 bridgehead atoms. The molecule has 1 fully saturated rings. The summed E-state index contributed by atoms with van der Waals surface area (Å²) in [6.07, 6.45) is 4.82. The molecule has 1 aliphatic rings. The van der Waals surface area contributed by atoms with E-state index in [0.717, 1.165) is 18.8 Å². The molecule has 2 atom stereocenters. The average Bonchev–Trinajstić information content (AvgIpc) is 2.72. The maximum absolute atomic E-state index is 9.79. The molecule has 0 amide bonds. The first-order valence-corrected chi connectivity index (χ1v) is 8.25. The molecule has 108 valence electrons. The van der Waals surface area contributed by atoms with Gasteiger partial charge in [0.05, 0.1) is 13.2 Å². The third-order valence-electron chi connectivity index (χ3n) is 3.86. The molecular formula is C14H29NO2S. The van der Waals surface area contributed by atoms with E-state index in [2.05, 4.69) is 19.2 Å². The van der Waals surface area contributed by atoms with E-state index in [4.69, 9.17) is 4.74 Å². The minimum absolute atomic E-state index is 0.0179. The van der Waals surface area contributed by atoms with Gasteiger partial charge in [0.25, 0.3) is 0 Å². The molecule has 1 aliphatic carbocycles. The van der Waals surface area contributed by atoms with Gasteiger partial charge in [0.15, 0.2) is 0 Å². The fraction of sp³-hybridized carbons (Fsp3) is 1.00. The molecule has 1 saturated carbocycles. The molecule has 0 aliphatic heterocycles. The van der Waals surface area contributed by atoms with Crippen LogP contribution in [0.1, 0.15) is 39.5 Å². The van der Waals surface area contributed by atoms with Gasteiger partial charge in [-0.2, -0.15) is 11.8 Å². The van der Waals surface area contributed by atoms with Crippen LogP contribution in [0.15, 0.2) is 0 Å². The summed E-state index contributed by atoms with van der Waals surface area (Å²) in [5.41, 5.74) is -0.0179. The number of ether oxygens (including phenoxy) is 1. The Hall–Kier alpha value is 0.230. The highest BCUT2D eigenvalue weighted by atomic mass is 32.2. The lowest BCUT2D eigenvalue weighted by atomic mass is 9.85.